The molecule has 1 aromatic carbocycles. The molecule has 0 aliphatic carbocycles. The molecule has 2 N–H and O–H groups in total. The third-order valence-electron chi connectivity index (χ3n) is 3.70. The Morgan fingerprint density at radius 2 is 1.88 bits per heavy atom. The van der Waals surface area contributed by atoms with Crippen LogP contribution in [0.1, 0.15) is 0 Å². The number of anilines is 1. The molecule has 0 unspecified atom stereocenters. The molecule has 0 fully saturated rings. The summed E-state index contributed by atoms with van der Waals surface area (Å²) in [5.74, 6) is 0.0466. The molecule has 120 valence electrons. The predicted molar refractivity (Wildman–Crippen MR) is 92.6 cm³/mol. The fraction of sp³-hybridized carbons (Fsp3) is 0. The van der Waals surface area contributed by atoms with Gasteiger partial charge in [-0.1, -0.05) is 18.2 Å². The topological polar surface area (TPSA) is 90.4 Å². The normalized spacial score (nSPS) is 11.8. The van der Waals surface area contributed by atoms with Gasteiger partial charge in [-0.25, -0.2) is 13.4 Å². The number of nitrogen functional groups attached to an aromatic ring is 1. The van der Waals surface area contributed by atoms with E-state index < -0.39 is 9.84 Å². The first-order chi connectivity index (χ1) is 11.6. The lowest BCUT2D eigenvalue weighted by atomic mass is 10.2. The number of fused-ring (bicyclic) bond motifs is 1. The molecular weight excluding hydrogens is 344 g/mol. The minimum Gasteiger partial charge on any atom is -0.382 e. The highest BCUT2D eigenvalue weighted by Crippen LogP contribution is 2.30. The number of nitrogens with two attached hydrogens (primary N) is 1. The summed E-state index contributed by atoms with van der Waals surface area (Å²) in [4.78, 5) is 4.41. The third kappa shape index (κ3) is 2.19. The number of hydrogen-bond acceptors (Lipinski definition) is 6. The van der Waals surface area contributed by atoms with E-state index in [0.29, 0.717) is 5.65 Å². The molecule has 0 radical (unpaired) electrons. The van der Waals surface area contributed by atoms with Crippen LogP contribution in [0.5, 0.6) is 0 Å². The third-order valence-corrected chi connectivity index (χ3v) is 6.17. The van der Waals surface area contributed by atoms with Crippen molar-refractivity contribution in [2.24, 2.45) is 0 Å². The molecule has 4 rings (SSSR count). The average Bonchev–Trinajstić information content (AvgIpc) is 3.25. The summed E-state index contributed by atoms with van der Waals surface area (Å²) in [6.45, 7) is 0. The zero-order valence-electron chi connectivity index (χ0n) is 12.3. The van der Waals surface area contributed by atoms with Gasteiger partial charge in [-0.05, 0) is 34.5 Å². The number of sulfone groups is 1. The van der Waals surface area contributed by atoms with Crippen molar-refractivity contribution in [1.29, 1.82) is 0 Å². The molecule has 0 spiro atoms. The van der Waals surface area contributed by atoms with Crippen molar-refractivity contribution in [1.82, 2.24) is 14.6 Å². The predicted octanol–water partition coefficient (Wildman–Crippen LogP) is 2.87. The summed E-state index contributed by atoms with van der Waals surface area (Å²) < 4.78 is 26.9. The summed E-state index contributed by atoms with van der Waals surface area (Å²) in [5, 5.41) is 8.14. The molecule has 8 heteroatoms. The number of hydrogen-bond donors (Lipinski definition) is 1. The van der Waals surface area contributed by atoms with E-state index in [-0.39, 0.29) is 15.6 Å². The molecule has 4 aromatic rings. The van der Waals surface area contributed by atoms with Crippen molar-refractivity contribution < 1.29 is 8.42 Å². The zero-order valence-corrected chi connectivity index (χ0v) is 14.0. The van der Waals surface area contributed by atoms with Gasteiger partial charge in [0.2, 0.25) is 9.84 Å². The molecule has 3 aromatic heterocycles. The molecule has 0 amide bonds. The van der Waals surface area contributed by atoms with E-state index in [4.69, 9.17) is 5.73 Å². The Balaban J connectivity index is 1.92. The van der Waals surface area contributed by atoms with Gasteiger partial charge in [0.15, 0.2) is 5.65 Å². The number of nitrogens with zero attached hydrogens (tertiary/aromatic N) is 3. The lowest BCUT2D eigenvalue weighted by Gasteiger charge is -2.08. The van der Waals surface area contributed by atoms with Gasteiger partial charge in [-0.15, -0.1) is 0 Å². The second kappa shape index (κ2) is 5.43. The van der Waals surface area contributed by atoms with Gasteiger partial charge in [0.05, 0.1) is 17.3 Å². The van der Waals surface area contributed by atoms with E-state index in [0.717, 1.165) is 11.1 Å². The summed E-state index contributed by atoms with van der Waals surface area (Å²) >= 11 is 1.56. The van der Waals surface area contributed by atoms with Crippen LogP contribution in [0.25, 0.3) is 16.8 Å². The van der Waals surface area contributed by atoms with Crippen molar-refractivity contribution in [3.63, 3.8) is 0 Å². The van der Waals surface area contributed by atoms with E-state index in [2.05, 4.69) is 10.1 Å². The fourth-order valence-electron chi connectivity index (χ4n) is 2.49. The first-order valence-corrected chi connectivity index (χ1v) is 9.46. The fourth-order valence-corrected chi connectivity index (χ4v) is 4.47. The van der Waals surface area contributed by atoms with Gasteiger partial charge >= 0.3 is 0 Å². The van der Waals surface area contributed by atoms with Crippen molar-refractivity contribution in [3.05, 3.63) is 59.6 Å². The molecule has 0 bridgehead atoms. The monoisotopic (exact) mass is 356 g/mol. The lowest BCUT2D eigenvalue weighted by molar-refractivity contribution is 0.595. The van der Waals surface area contributed by atoms with E-state index in [1.807, 2.05) is 16.8 Å². The van der Waals surface area contributed by atoms with Crippen molar-refractivity contribution in [2.75, 3.05) is 5.73 Å². The van der Waals surface area contributed by atoms with E-state index in [1.165, 1.54) is 22.8 Å². The van der Waals surface area contributed by atoms with Crippen LogP contribution in [0.4, 0.5) is 5.82 Å². The molecule has 0 saturated carbocycles. The largest absolute Gasteiger partial charge is 0.382 e. The van der Waals surface area contributed by atoms with E-state index in [1.54, 1.807) is 35.7 Å². The van der Waals surface area contributed by atoms with Gasteiger partial charge < -0.3 is 5.73 Å². The SMILES string of the molecule is Nc1c(S(=O)(=O)c2ccccc2)cnc2c(-c3ccsc3)cnn12. The number of aromatic nitrogens is 3. The first kappa shape index (κ1) is 14.9. The second-order valence-electron chi connectivity index (χ2n) is 5.13. The van der Waals surface area contributed by atoms with E-state index >= 15 is 0 Å². The maximum absolute atomic E-state index is 12.8. The maximum atomic E-state index is 12.8. The lowest BCUT2D eigenvalue weighted by Crippen LogP contribution is -2.11. The Morgan fingerprint density at radius 3 is 2.58 bits per heavy atom. The second-order valence-corrected chi connectivity index (χ2v) is 7.83. The summed E-state index contributed by atoms with van der Waals surface area (Å²) in [6.07, 6.45) is 2.93. The highest BCUT2D eigenvalue weighted by atomic mass is 32.2. The van der Waals surface area contributed by atoms with Crippen molar-refractivity contribution >= 4 is 32.6 Å². The molecule has 3 heterocycles. The van der Waals surface area contributed by atoms with Crippen LogP contribution in [0, 0.1) is 0 Å². The number of thiophene rings is 1. The Morgan fingerprint density at radius 1 is 1.08 bits per heavy atom. The molecular formula is C16H12N4O2S2. The summed E-state index contributed by atoms with van der Waals surface area (Å²) in [7, 11) is -3.75. The first-order valence-electron chi connectivity index (χ1n) is 7.04. The van der Waals surface area contributed by atoms with Crippen LogP contribution in [-0.2, 0) is 9.84 Å². The summed E-state index contributed by atoms with van der Waals surface area (Å²) in [6, 6.07) is 10.1. The molecule has 0 aliphatic rings. The van der Waals surface area contributed by atoms with Gasteiger partial charge in [0.1, 0.15) is 10.7 Å². The molecule has 0 aliphatic heterocycles. The van der Waals surface area contributed by atoms with Crippen LogP contribution >= 0.6 is 11.3 Å². The Labute approximate surface area is 142 Å². The number of rotatable bonds is 3. The van der Waals surface area contributed by atoms with Gasteiger partial charge in [0, 0.05) is 5.56 Å². The maximum Gasteiger partial charge on any atom is 0.211 e. The van der Waals surface area contributed by atoms with Crippen LogP contribution in [0.15, 0.2) is 69.3 Å². The molecule has 24 heavy (non-hydrogen) atoms. The Hall–Kier alpha value is -2.71. The van der Waals surface area contributed by atoms with Gasteiger partial charge in [-0.2, -0.15) is 21.0 Å². The van der Waals surface area contributed by atoms with Crippen LogP contribution in [-0.4, -0.2) is 23.0 Å². The average molecular weight is 356 g/mol. The standard InChI is InChI=1S/C16H12N4O2S2/c17-15-14(24(21,22)12-4-2-1-3-5-12)9-18-16-13(8-19-20(15)16)11-6-7-23-10-11/h1-10H,17H2. The van der Waals surface area contributed by atoms with Crippen LogP contribution < -0.4 is 5.73 Å². The van der Waals surface area contributed by atoms with Gasteiger partial charge in [-0.3, -0.25) is 0 Å². The number of benzene rings is 1. The van der Waals surface area contributed by atoms with E-state index in [9.17, 15) is 8.42 Å². The summed E-state index contributed by atoms with van der Waals surface area (Å²) in [5.41, 5.74) is 8.40. The van der Waals surface area contributed by atoms with Crippen molar-refractivity contribution in [2.45, 2.75) is 9.79 Å². The molecule has 0 atom stereocenters. The minimum absolute atomic E-state index is 0.0466. The Bertz CT molecular complexity index is 1120. The highest BCUT2D eigenvalue weighted by Gasteiger charge is 2.24. The smallest absolute Gasteiger partial charge is 0.211 e. The minimum atomic E-state index is -3.75. The zero-order chi connectivity index (χ0) is 16.7. The van der Waals surface area contributed by atoms with Gasteiger partial charge in [0.25, 0.3) is 0 Å². The van der Waals surface area contributed by atoms with Crippen LogP contribution in [0.2, 0.25) is 0 Å². The van der Waals surface area contributed by atoms with Crippen LogP contribution in [0.3, 0.4) is 0 Å². The quantitative estimate of drug-likeness (QED) is 0.609. The molecule has 0 saturated heterocycles. The van der Waals surface area contributed by atoms with Crippen molar-refractivity contribution in [3.8, 4) is 11.1 Å². The molecule has 6 nitrogen and oxygen atoms in total. The Kier molecular flexibility index (Phi) is 3.36. The highest BCUT2D eigenvalue weighted by molar-refractivity contribution is 7.91.